The summed E-state index contributed by atoms with van der Waals surface area (Å²) in [6.45, 7) is 7.69. The normalized spacial score (nSPS) is 11.2. The Morgan fingerprint density at radius 2 is 1.42 bits per heavy atom. The van der Waals surface area contributed by atoms with E-state index in [0.717, 1.165) is 33.5 Å². The maximum Gasteiger partial charge on any atom is 0.271 e. The van der Waals surface area contributed by atoms with Crippen molar-refractivity contribution in [3.63, 3.8) is 0 Å². The van der Waals surface area contributed by atoms with Crippen molar-refractivity contribution in [1.82, 2.24) is 5.43 Å². The van der Waals surface area contributed by atoms with Gasteiger partial charge in [-0.05, 0) is 62.1 Å². The molecule has 0 atom stereocenters. The molecule has 0 aliphatic rings. The van der Waals surface area contributed by atoms with E-state index in [4.69, 9.17) is 0 Å². The first kappa shape index (κ1) is 22.0. The second kappa shape index (κ2) is 9.85. The van der Waals surface area contributed by atoms with Gasteiger partial charge in [-0.25, -0.2) is 5.43 Å². The van der Waals surface area contributed by atoms with Crippen molar-refractivity contribution >= 4 is 23.2 Å². The quantitative estimate of drug-likeness (QED) is 0.419. The Morgan fingerprint density at radius 3 is 2.03 bits per heavy atom. The monoisotopic (exact) mass is 413 g/mol. The maximum absolute atomic E-state index is 12.4. The first-order valence-corrected chi connectivity index (χ1v) is 10.2. The second-order valence-corrected chi connectivity index (χ2v) is 7.73. The average molecular weight is 414 g/mol. The van der Waals surface area contributed by atoms with Crippen LogP contribution in [-0.4, -0.2) is 17.5 Å². The van der Waals surface area contributed by atoms with Crippen molar-refractivity contribution in [1.29, 1.82) is 0 Å². The van der Waals surface area contributed by atoms with Crippen LogP contribution in [0.2, 0.25) is 0 Å². The lowest BCUT2D eigenvalue weighted by atomic mass is 10.0. The molecular weight excluding hydrogens is 386 g/mol. The highest BCUT2D eigenvalue weighted by Gasteiger charge is 2.10. The van der Waals surface area contributed by atoms with Gasteiger partial charge < -0.3 is 5.32 Å². The minimum absolute atomic E-state index is 0.0972. The summed E-state index contributed by atoms with van der Waals surface area (Å²) < 4.78 is 0. The first-order chi connectivity index (χ1) is 14.8. The molecule has 2 amide bonds. The minimum atomic E-state index is -0.315. The molecule has 2 N–H and O–H groups in total. The van der Waals surface area contributed by atoms with Crippen LogP contribution in [-0.2, 0) is 4.79 Å². The number of nitrogens with zero attached hydrogens (tertiary/aromatic N) is 1. The van der Waals surface area contributed by atoms with E-state index in [9.17, 15) is 9.59 Å². The zero-order chi connectivity index (χ0) is 22.4. The summed E-state index contributed by atoms with van der Waals surface area (Å²) in [5.41, 5.74) is 9.71. The average Bonchev–Trinajstić information content (AvgIpc) is 2.75. The molecule has 158 valence electrons. The molecule has 31 heavy (non-hydrogen) atoms. The number of amides is 2. The molecular formula is C26H27N3O2. The van der Waals surface area contributed by atoms with Gasteiger partial charge >= 0.3 is 0 Å². The fourth-order valence-electron chi connectivity index (χ4n) is 3.49. The largest absolute Gasteiger partial charge is 0.325 e. The Kier molecular flexibility index (Phi) is 6.98. The summed E-state index contributed by atoms with van der Waals surface area (Å²) in [6, 6.07) is 21.4. The number of hydrogen-bond donors (Lipinski definition) is 2. The molecule has 3 aromatic carbocycles. The number of carbonyl (C=O) groups is 2. The van der Waals surface area contributed by atoms with Gasteiger partial charge in [0.2, 0.25) is 5.91 Å². The summed E-state index contributed by atoms with van der Waals surface area (Å²) in [7, 11) is 0. The molecule has 0 heterocycles. The Labute approximate surface area is 183 Å². The van der Waals surface area contributed by atoms with Gasteiger partial charge in [0, 0.05) is 17.0 Å². The Balaban J connectivity index is 1.57. The molecule has 3 aromatic rings. The lowest BCUT2D eigenvalue weighted by molar-refractivity contribution is -0.115. The highest BCUT2D eigenvalue weighted by atomic mass is 16.2. The van der Waals surface area contributed by atoms with E-state index in [1.54, 1.807) is 19.1 Å². The van der Waals surface area contributed by atoms with E-state index >= 15 is 0 Å². The molecule has 5 nitrogen and oxygen atoms in total. The molecule has 0 aliphatic carbocycles. The van der Waals surface area contributed by atoms with Crippen LogP contribution in [0.15, 0.2) is 71.8 Å². The number of hydrazone groups is 1. The topological polar surface area (TPSA) is 70.6 Å². The molecule has 0 radical (unpaired) electrons. The van der Waals surface area contributed by atoms with E-state index in [-0.39, 0.29) is 18.2 Å². The van der Waals surface area contributed by atoms with Crippen LogP contribution in [0.1, 0.15) is 40.4 Å². The van der Waals surface area contributed by atoms with E-state index < -0.39 is 0 Å². The number of anilines is 1. The van der Waals surface area contributed by atoms with Crippen molar-refractivity contribution in [2.45, 2.75) is 34.1 Å². The third kappa shape index (κ3) is 5.89. The summed E-state index contributed by atoms with van der Waals surface area (Å²) >= 11 is 0. The van der Waals surface area contributed by atoms with Crippen LogP contribution < -0.4 is 10.7 Å². The van der Waals surface area contributed by atoms with Crippen LogP contribution in [0.4, 0.5) is 5.69 Å². The predicted octanol–water partition coefficient (Wildman–Crippen LogP) is 5.41. The van der Waals surface area contributed by atoms with Gasteiger partial charge in [0.05, 0.1) is 6.42 Å². The lowest BCUT2D eigenvalue weighted by Crippen LogP contribution is -2.21. The molecule has 0 fully saturated rings. The zero-order valence-corrected chi connectivity index (χ0v) is 18.3. The van der Waals surface area contributed by atoms with Crippen LogP contribution in [0.5, 0.6) is 0 Å². The molecule has 0 aliphatic heterocycles. The number of aryl methyl sites for hydroxylation is 3. The highest BCUT2D eigenvalue weighted by molar-refractivity contribution is 6.06. The molecule has 3 rings (SSSR count). The summed E-state index contributed by atoms with van der Waals surface area (Å²) in [5, 5.41) is 7.02. The number of benzene rings is 3. The summed E-state index contributed by atoms with van der Waals surface area (Å²) in [5.74, 6) is -0.484. The van der Waals surface area contributed by atoms with Crippen LogP contribution >= 0.6 is 0 Å². The van der Waals surface area contributed by atoms with Gasteiger partial charge in [-0.2, -0.15) is 5.10 Å². The van der Waals surface area contributed by atoms with Gasteiger partial charge in [-0.1, -0.05) is 60.2 Å². The van der Waals surface area contributed by atoms with Gasteiger partial charge in [0.25, 0.3) is 5.91 Å². The van der Waals surface area contributed by atoms with E-state index in [0.29, 0.717) is 11.3 Å². The smallest absolute Gasteiger partial charge is 0.271 e. The van der Waals surface area contributed by atoms with E-state index in [2.05, 4.69) is 15.8 Å². The van der Waals surface area contributed by atoms with E-state index in [1.165, 1.54) is 0 Å². The van der Waals surface area contributed by atoms with Crippen molar-refractivity contribution in [2.24, 2.45) is 5.10 Å². The van der Waals surface area contributed by atoms with E-state index in [1.807, 2.05) is 75.4 Å². The van der Waals surface area contributed by atoms with Crippen molar-refractivity contribution in [2.75, 3.05) is 5.32 Å². The first-order valence-electron chi connectivity index (χ1n) is 10.2. The SMILES string of the molecule is C/C(CC(=O)Nc1c(C)cc(C)cc1C)=N/NC(=O)c1ccc(-c2ccccc2)cc1. The van der Waals surface area contributed by atoms with Crippen LogP contribution in [0.25, 0.3) is 11.1 Å². The maximum atomic E-state index is 12.4. The third-order valence-electron chi connectivity index (χ3n) is 4.96. The van der Waals surface area contributed by atoms with Gasteiger partial charge in [-0.15, -0.1) is 0 Å². The molecule has 0 unspecified atom stereocenters. The number of rotatable bonds is 6. The fraction of sp³-hybridized carbons (Fsp3) is 0.192. The van der Waals surface area contributed by atoms with Gasteiger partial charge in [0.15, 0.2) is 0 Å². The fourth-order valence-corrected chi connectivity index (χ4v) is 3.49. The Morgan fingerprint density at radius 1 is 0.839 bits per heavy atom. The van der Waals surface area contributed by atoms with Crippen molar-refractivity contribution in [3.05, 3.63) is 89.0 Å². The number of nitrogens with one attached hydrogen (secondary N) is 2. The molecule has 0 saturated carbocycles. The lowest BCUT2D eigenvalue weighted by Gasteiger charge is -2.12. The molecule has 5 heteroatoms. The van der Waals surface area contributed by atoms with Crippen LogP contribution in [0, 0.1) is 20.8 Å². The predicted molar refractivity (Wildman–Crippen MR) is 126 cm³/mol. The highest BCUT2D eigenvalue weighted by Crippen LogP contribution is 2.22. The number of hydrogen-bond acceptors (Lipinski definition) is 3. The zero-order valence-electron chi connectivity index (χ0n) is 18.3. The van der Waals surface area contributed by atoms with Gasteiger partial charge in [-0.3, -0.25) is 9.59 Å². The summed E-state index contributed by atoms with van der Waals surface area (Å²) in [6.07, 6.45) is 0.0972. The van der Waals surface area contributed by atoms with Gasteiger partial charge in [0.1, 0.15) is 0 Å². The van der Waals surface area contributed by atoms with Crippen LogP contribution in [0.3, 0.4) is 0 Å². The molecule has 0 aromatic heterocycles. The molecule has 0 saturated heterocycles. The molecule has 0 bridgehead atoms. The Hall–Kier alpha value is -3.73. The molecule has 0 spiro atoms. The minimum Gasteiger partial charge on any atom is -0.325 e. The standard InChI is InChI=1S/C26H27N3O2/c1-17-14-18(2)25(19(3)15-17)27-24(30)16-20(4)28-29-26(31)23-12-10-22(11-13-23)21-8-6-5-7-9-21/h5-15H,16H2,1-4H3,(H,27,30)(H,29,31)/b28-20-. The van der Waals surface area contributed by atoms with Crippen molar-refractivity contribution in [3.8, 4) is 11.1 Å². The van der Waals surface area contributed by atoms with Crippen molar-refractivity contribution < 1.29 is 9.59 Å². The summed E-state index contributed by atoms with van der Waals surface area (Å²) in [4.78, 5) is 24.8. The Bertz CT molecular complexity index is 1090. The second-order valence-electron chi connectivity index (χ2n) is 7.73. The third-order valence-corrected chi connectivity index (χ3v) is 4.96. The number of carbonyl (C=O) groups excluding carboxylic acids is 2.